The molecule has 1 aliphatic rings. The average Bonchev–Trinajstić information content (AvgIpc) is 2.96. The zero-order chi connectivity index (χ0) is 31.3. The van der Waals surface area contributed by atoms with Gasteiger partial charge in [0, 0.05) is 35.6 Å². The van der Waals surface area contributed by atoms with E-state index in [9.17, 15) is 9.00 Å². The maximum atomic E-state index is 12.8. The highest BCUT2D eigenvalue weighted by Gasteiger charge is 2.16. The summed E-state index contributed by atoms with van der Waals surface area (Å²) in [5.74, 6) is 4.88. The fourth-order valence-electron chi connectivity index (χ4n) is 5.07. The Kier molecular flexibility index (Phi) is 9.78. The number of hydrogen-bond acceptors (Lipinski definition) is 6. The Morgan fingerprint density at radius 3 is 2.33 bits per heavy atom. The lowest BCUT2D eigenvalue weighted by molar-refractivity contribution is -0.115. The van der Waals surface area contributed by atoms with Crippen LogP contribution in [0.5, 0.6) is 11.5 Å². The van der Waals surface area contributed by atoms with E-state index in [-0.39, 0.29) is 5.91 Å². The van der Waals surface area contributed by atoms with Crippen LogP contribution in [0.15, 0.2) is 64.0 Å². The fourth-order valence-corrected chi connectivity index (χ4v) is 6.35. The van der Waals surface area contributed by atoms with E-state index >= 15 is 0 Å². The number of rotatable bonds is 10. The van der Waals surface area contributed by atoms with Crippen LogP contribution in [-0.4, -0.2) is 42.5 Å². The fraction of sp³-hybridized carbons (Fsp3) is 0.265. The van der Waals surface area contributed by atoms with Crippen LogP contribution in [0.3, 0.4) is 0 Å². The molecule has 0 fully saturated rings. The molecule has 3 aromatic carbocycles. The number of benzene rings is 3. The van der Waals surface area contributed by atoms with E-state index in [0.717, 1.165) is 50.4 Å². The zero-order valence-corrected chi connectivity index (χ0v) is 26.7. The van der Waals surface area contributed by atoms with Crippen molar-refractivity contribution in [3.05, 3.63) is 86.8 Å². The van der Waals surface area contributed by atoms with Gasteiger partial charge in [-0.05, 0) is 103 Å². The van der Waals surface area contributed by atoms with Gasteiger partial charge in [-0.25, -0.2) is 13.9 Å². The van der Waals surface area contributed by atoms with Crippen LogP contribution < -0.4 is 35.5 Å². The number of nitrogens with one attached hydrogen (secondary N) is 3. The van der Waals surface area contributed by atoms with Crippen molar-refractivity contribution in [2.45, 2.75) is 45.9 Å². The molecule has 1 aliphatic carbocycles. The summed E-state index contributed by atoms with van der Waals surface area (Å²) in [6.45, 7) is 10.3. The van der Waals surface area contributed by atoms with Crippen molar-refractivity contribution in [2.24, 2.45) is 4.99 Å². The minimum absolute atomic E-state index is 0.234. The molecule has 0 radical (unpaired) electrons. The Balaban J connectivity index is 1.69. The summed E-state index contributed by atoms with van der Waals surface area (Å²) in [6, 6.07) is 13.2. The molecule has 4 rings (SSSR count). The number of carbonyl (C=O) groups excluding carboxylic acids is 1. The highest BCUT2D eigenvalue weighted by atomic mass is 32.2. The molecule has 9 heteroatoms. The minimum Gasteiger partial charge on any atom is -0.496 e. The largest absolute Gasteiger partial charge is 0.496 e. The summed E-state index contributed by atoms with van der Waals surface area (Å²) < 4.78 is 27.4. The van der Waals surface area contributed by atoms with Crippen LogP contribution in [0.25, 0.3) is 12.2 Å². The topological polar surface area (TPSA) is 101 Å². The molecule has 3 N–H and O–H groups in total. The third-order valence-corrected chi connectivity index (χ3v) is 8.86. The third-order valence-electron chi connectivity index (χ3n) is 7.16. The number of fused-ring (bicyclic) bond motifs is 1. The van der Waals surface area contributed by atoms with Gasteiger partial charge in [-0.3, -0.25) is 10.2 Å². The summed E-state index contributed by atoms with van der Waals surface area (Å²) in [5, 5.41) is 2.07. The van der Waals surface area contributed by atoms with Gasteiger partial charge in [0.2, 0.25) is 5.91 Å². The zero-order valence-electron chi connectivity index (χ0n) is 25.9. The number of hydrogen-bond donors (Lipinski definition) is 3. The van der Waals surface area contributed by atoms with Gasteiger partial charge in [0.1, 0.15) is 11.5 Å². The number of amides is 1. The summed E-state index contributed by atoms with van der Waals surface area (Å²) >= 11 is 0. The Morgan fingerprint density at radius 1 is 1.00 bits per heavy atom. The maximum Gasteiger partial charge on any atom is 0.243 e. The molecule has 1 unspecified atom stereocenters. The lowest BCUT2D eigenvalue weighted by atomic mass is 9.90. The first kappa shape index (κ1) is 31.6. The molecular weight excluding hydrogens is 560 g/mol. The molecule has 43 heavy (non-hydrogen) atoms. The normalized spacial score (nSPS) is 15.2. The van der Waals surface area contributed by atoms with Crippen molar-refractivity contribution in [1.29, 1.82) is 0 Å². The highest BCUT2D eigenvalue weighted by Crippen LogP contribution is 2.33. The molecule has 0 bridgehead atoms. The van der Waals surface area contributed by atoms with Gasteiger partial charge >= 0.3 is 0 Å². The van der Waals surface area contributed by atoms with E-state index in [0.29, 0.717) is 34.3 Å². The minimum atomic E-state index is -2.54. The number of aliphatic imine (C=N–C) groups is 1. The third kappa shape index (κ3) is 7.18. The SMILES string of the molecule is C=S(=O)(NCCC)c1ccc(NNc2cc(OC)c(C=c3c(C)cc4c(c3C)C(=NC(C)=O)C=C(C)C=4)cc2OC)cc1. The highest BCUT2D eigenvalue weighted by molar-refractivity contribution is 7.98. The maximum absolute atomic E-state index is 12.8. The van der Waals surface area contributed by atoms with E-state index in [1.807, 2.05) is 44.2 Å². The molecule has 1 atom stereocenters. The van der Waals surface area contributed by atoms with Gasteiger partial charge in [0.25, 0.3) is 0 Å². The molecule has 226 valence electrons. The second-order valence-corrected chi connectivity index (χ2v) is 12.6. The first-order valence-electron chi connectivity index (χ1n) is 14.1. The molecule has 0 saturated carbocycles. The smallest absolute Gasteiger partial charge is 0.243 e. The predicted molar refractivity (Wildman–Crippen MR) is 179 cm³/mol. The van der Waals surface area contributed by atoms with Crippen molar-refractivity contribution < 1.29 is 18.5 Å². The van der Waals surface area contributed by atoms with Crippen molar-refractivity contribution in [3.63, 3.8) is 0 Å². The lowest BCUT2D eigenvalue weighted by Crippen LogP contribution is -2.28. The molecule has 1 amide bonds. The van der Waals surface area contributed by atoms with Gasteiger partial charge in [-0.1, -0.05) is 19.1 Å². The Bertz CT molecular complexity index is 1840. The van der Waals surface area contributed by atoms with E-state index in [1.165, 1.54) is 6.92 Å². The van der Waals surface area contributed by atoms with Crippen LogP contribution >= 0.6 is 0 Å². The number of allylic oxidation sites excluding steroid dienone is 2. The van der Waals surface area contributed by atoms with Gasteiger partial charge in [0.05, 0.1) is 41.0 Å². The number of aryl methyl sites for hydroxylation is 1. The summed E-state index contributed by atoms with van der Waals surface area (Å²) in [5.41, 5.74) is 13.5. The second kappa shape index (κ2) is 13.3. The van der Waals surface area contributed by atoms with Gasteiger partial charge < -0.3 is 14.9 Å². The van der Waals surface area contributed by atoms with Gasteiger partial charge in [-0.2, -0.15) is 0 Å². The molecule has 0 heterocycles. The van der Waals surface area contributed by atoms with Crippen molar-refractivity contribution in [2.75, 3.05) is 31.6 Å². The summed E-state index contributed by atoms with van der Waals surface area (Å²) in [6.07, 6.45) is 7.00. The Morgan fingerprint density at radius 2 is 1.70 bits per heavy atom. The van der Waals surface area contributed by atoms with E-state index in [2.05, 4.69) is 58.5 Å². The average molecular weight is 601 g/mol. The number of hydrazine groups is 1. The van der Waals surface area contributed by atoms with Crippen molar-refractivity contribution in [3.8, 4) is 11.5 Å². The number of ether oxygens (including phenoxy) is 2. The van der Waals surface area contributed by atoms with Gasteiger partial charge in [0.15, 0.2) is 0 Å². The number of anilines is 2. The molecule has 0 aliphatic heterocycles. The molecule has 0 saturated heterocycles. The van der Waals surface area contributed by atoms with Crippen LogP contribution in [-0.2, 0) is 14.5 Å². The van der Waals surface area contributed by atoms with Crippen molar-refractivity contribution in [1.82, 2.24) is 4.72 Å². The van der Waals surface area contributed by atoms with Crippen LogP contribution in [0.4, 0.5) is 11.4 Å². The molecular formula is C34H40N4O4S. The first-order chi connectivity index (χ1) is 20.5. The van der Waals surface area contributed by atoms with E-state index in [1.54, 1.807) is 26.4 Å². The molecule has 0 spiro atoms. The van der Waals surface area contributed by atoms with Crippen LogP contribution in [0, 0.1) is 13.8 Å². The monoisotopic (exact) mass is 600 g/mol. The van der Waals surface area contributed by atoms with Gasteiger partial charge in [-0.15, -0.1) is 0 Å². The predicted octanol–water partition coefficient (Wildman–Crippen LogP) is 4.65. The number of nitrogens with zero attached hydrogens (tertiary/aromatic N) is 1. The second-order valence-electron chi connectivity index (χ2n) is 10.5. The number of methoxy groups -OCH3 is 2. The summed E-state index contributed by atoms with van der Waals surface area (Å²) in [7, 11) is 0.701. The van der Waals surface area contributed by atoms with E-state index < -0.39 is 9.71 Å². The standard InChI is InChI=1S/C34H40N4O4S/c1-9-14-35-43(8,40)28-12-10-27(11-13-28)37-38-30-20-32(41-6)25(19-33(30)42-7)18-29-22(3)17-26-15-21(2)16-31(36-24(5)39)34(26)23(29)4/h10-13,15-20,37-38H,8-9,14H2,1-7H3,(H,35,40). The first-order valence-corrected chi connectivity index (χ1v) is 15.8. The Labute approximate surface area is 254 Å². The number of carbonyl (C=O) groups is 1. The Hall–Kier alpha value is -4.34. The summed E-state index contributed by atoms with van der Waals surface area (Å²) in [4.78, 5) is 16.8. The molecule has 3 aromatic rings. The van der Waals surface area contributed by atoms with Crippen LogP contribution in [0.2, 0.25) is 0 Å². The van der Waals surface area contributed by atoms with Crippen LogP contribution in [0.1, 0.15) is 49.4 Å². The van der Waals surface area contributed by atoms with E-state index in [4.69, 9.17) is 9.47 Å². The van der Waals surface area contributed by atoms with Crippen molar-refractivity contribution >= 4 is 50.7 Å². The quantitative estimate of drug-likeness (QED) is 0.231. The molecule has 8 nitrogen and oxygen atoms in total. The molecule has 0 aromatic heterocycles. The lowest BCUT2D eigenvalue weighted by Gasteiger charge is -2.18.